The first-order valence-electron chi connectivity index (χ1n) is 3.37. The van der Waals surface area contributed by atoms with Crippen LogP contribution in [0.4, 0.5) is 0 Å². The van der Waals surface area contributed by atoms with Gasteiger partial charge in [-0.15, -0.1) is 0 Å². The number of allylic oxidation sites excluding steroid dienone is 1. The second-order valence-corrected chi connectivity index (χ2v) is 5.94. The molecule has 0 saturated carbocycles. The summed E-state index contributed by atoms with van der Waals surface area (Å²) in [5.74, 6) is -0.779. The molecule has 0 radical (unpaired) electrons. The Hall–Kier alpha value is -0.573. The van der Waals surface area contributed by atoms with Gasteiger partial charge in [0.1, 0.15) is 0 Å². The number of aliphatic carboxylic acids is 1. The van der Waals surface area contributed by atoms with Crippen LogP contribution in [0.25, 0.3) is 0 Å². The van der Waals surface area contributed by atoms with Gasteiger partial charge in [-0.1, -0.05) is 18.3 Å². The van der Waals surface area contributed by atoms with E-state index in [4.69, 9.17) is 5.11 Å². The molecule has 0 fully saturated rings. The maximum atomic E-state index is 10.4. The van der Waals surface area contributed by atoms with E-state index in [1.54, 1.807) is 6.92 Å². The van der Waals surface area contributed by atoms with Gasteiger partial charge in [-0.2, -0.15) is 0 Å². The fraction of sp³-hybridized carbons (Fsp3) is 0.571. The third-order valence-electron chi connectivity index (χ3n) is 1.78. The molecule has 0 bridgehead atoms. The number of carbonyl (C=O) groups is 1. The van der Waals surface area contributed by atoms with Gasteiger partial charge in [0.25, 0.3) is 0 Å². The standard InChI is InChI=1S/C7H14O2Si/c1-5(7(8)9)6(2)10(3)4/h10H,1-4H3,(H,8,9). The summed E-state index contributed by atoms with van der Waals surface area (Å²) in [7, 11) is -0.880. The number of rotatable bonds is 2. The molecular formula is C7H14O2Si. The fourth-order valence-electron chi connectivity index (χ4n) is 0.602. The molecule has 0 atom stereocenters. The minimum absolute atomic E-state index is 0.529. The molecule has 0 unspecified atom stereocenters. The van der Waals surface area contributed by atoms with E-state index in [0.29, 0.717) is 5.57 Å². The second-order valence-electron chi connectivity index (χ2n) is 2.77. The van der Waals surface area contributed by atoms with Gasteiger partial charge < -0.3 is 5.11 Å². The molecule has 0 saturated heterocycles. The van der Waals surface area contributed by atoms with Crippen molar-refractivity contribution in [3.05, 3.63) is 10.8 Å². The first-order chi connectivity index (χ1) is 4.46. The number of hydrogen-bond acceptors (Lipinski definition) is 1. The molecule has 0 aliphatic heterocycles. The molecule has 0 aromatic rings. The van der Waals surface area contributed by atoms with Crippen molar-refractivity contribution in [2.45, 2.75) is 26.9 Å². The number of carboxylic acid groups (broad SMARTS) is 1. The van der Waals surface area contributed by atoms with Gasteiger partial charge in [-0.25, -0.2) is 4.79 Å². The molecule has 10 heavy (non-hydrogen) atoms. The summed E-state index contributed by atoms with van der Waals surface area (Å²) < 4.78 is 0. The molecule has 0 heterocycles. The van der Waals surface area contributed by atoms with Gasteiger partial charge in [0.05, 0.1) is 8.80 Å². The molecule has 3 heteroatoms. The average molecular weight is 158 g/mol. The highest BCUT2D eigenvalue weighted by molar-refractivity contribution is 6.64. The Morgan fingerprint density at radius 1 is 1.30 bits per heavy atom. The molecule has 0 aromatic heterocycles. The van der Waals surface area contributed by atoms with Crippen LogP contribution < -0.4 is 0 Å². The van der Waals surface area contributed by atoms with E-state index in [1.807, 2.05) is 6.92 Å². The summed E-state index contributed by atoms with van der Waals surface area (Å²) in [5, 5.41) is 9.66. The third-order valence-corrected chi connectivity index (χ3v) is 3.94. The van der Waals surface area contributed by atoms with Crippen LogP contribution >= 0.6 is 0 Å². The lowest BCUT2D eigenvalue weighted by Gasteiger charge is -2.05. The fourth-order valence-corrected chi connectivity index (χ4v) is 1.59. The zero-order valence-corrected chi connectivity index (χ0v) is 8.09. The molecule has 0 rings (SSSR count). The van der Waals surface area contributed by atoms with Crippen molar-refractivity contribution in [3.63, 3.8) is 0 Å². The van der Waals surface area contributed by atoms with E-state index in [1.165, 1.54) is 0 Å². The van der Waals surface area contributed by atoms with Gasteiger partial charge >= 0.3 is 5.97 Å². The summed E-state index contributed by atoms with van der Waals surface area (Å²) in [5.41, 5.74) is 0.529. The van der Waals surface area contributed by atoms with Crippen LogP contribution in [0.3, 0.4) is 0 Å². The van der Waals surface area contributed by atoms with E-state index < -0.39 is 14.8 Å². The minimum Gasteiger partial charge on any atom is -0.478 e. The summed E-state index contributed by atoms with van der Waals surface area (Å²) in [6, 6.07) is 0. The molecule has 0 aliphatic rings. The number of hydrogen-bond donors (Lipinski definition) is 1. The van der Waals surface area contributed by atoms with Crippen molar-refractivity contribution < 1.29 is 9.90 Å². The summed E-state index contributed by atoms with van der Waals surface area (Å²) in [4.78, 5) is 10.4. The van der Waals surface area contributed by atoms with Crippen molar-refractivity contribution in [2.75, 3.05) is 0 Å². The quantitative estimate of drug-likeness (QED) is 0.487. The molecule has 0 spiro atoms. The topological polar surface area (TPSA) is 37.3 Å². The van der Waals surface area contributed by atoms with E-state index in [0.717, 1.165) is 5.20 Å². The molecular weight excluding hydrogens is 144 g/mol. The highest BCUT2D eigenvalue weighted by Gasteiger charge is 2.07. The smallest absolute Gasteiger partial charge is 0.330 e. The zero-order valence-electron chi connectivity index (χ0n) is 6.93. The highest BCUT2D eigenvalue weighted by Crippen LogP contribution is 2.06. The largest absolute Gasteiger partial charge is 0.478 e. The van der Waals surface area contributed by atoms with Crippen molar-refractivity contribution >= 4 is 14.8 Å². The SMILES string of the molecule is CC(C(=O)O)=C(C)[SiH](C)C. The number of carboxylic acids is 1. The Morgan fingerprint density at radius 3 is 1.80 bits per heavy atom. The Morgan fingerprint density at radius 2 is 1.70 bits per heavy atom. The van der Waals surface area contributed by atoms with Crippen molar-refractivity contribution in [2.24, 2.45) is 0 Å². The minimum atomic E-state index is -0.880. The van der Waals surface area contributed by atoms with E-state index in [9.17, 15) is 4.79 Å². The molecule has 1 N–H and O–H groups in total. The Balaban J connectivity index is 4.50. The third kappa shape index (κ3) is 2.35. The Kier molecular flexibility index (Phi) is 3.36. The van der Waals surface area contributed by atoms with Gasteiger partial charge in [0.15, 0.2) is 0 Å². The monoisotopic (exact) mass is 158 g/mol. The average Bonchev–Trinajstić information content (AvgIpc) is 1.84. The predicted molar refractivity (Wildman–Crippen MR) is 44.9 cm³/mol. The molecule has 0 aromatic carbocycles. The molecule has 0 amide bonds. The lowest BCUT2D eigenvalue weighted by molar-refractivity contribution is -0.132. The van der Waals surface area contributed by atoms with Gasteiger partial charge in [-0.05, 0) is 13.8 Å². The van der Waals surface area contributed by atoms with Crippen molar-refractivity contribution in [3.8, 4) is 0 Å². The summed E-state index contributed by atoms with van der Waals surface area (Å²) >= 11 is 0. The maximum Gasteiger partial charge on any atom is 0.330 e. The molecule has 2 nitrogen and oxygen atoms in total. The van der Waals surface area contributed by atoms with Gasteiger partial charge in [0, 0.05) is 5.57 Å². The zero-order chi connectivity index (χ0) is 8.31. The summed E-state index contributed by atoms with van der Waals surface area (Å²) in [6.45, 7) is 7.84. The second kappa shape index (κ2) is 3.56. The van der Waals surface area contributed by atoms with Crippen LogP contribution in [0.1, 0.15) is 13.8 Å². The van der Waals surface area contributed by atoms with E-state index in [2.05, 4.69) is 13.1 Å². The van der Waals surface area contributed by atoms with Crippen LogP contribution in [0.15, 0.2) is 10.8 Å². The van der Waals surface area contributed by atoms with Crippen molar-refractivity contribution in [1.82, 2.24) is 0 Å². The van der Waals surface area contributed by atoms with Gasteiger partial charge in [-0.3, -0.25) is 0 Å². The van der Waals surface area contributed by atoms with E-state index in [-0.39, 0.29) is 0 Å². The predicted octanol–water partition coefficient (Wildman–Crippen LogP) is 1.43. The van der Waals surface area contributed by atoms with Crippen LogP contribution in [0.2, 0.25) is 13.1 Å². The first kappa shape index (κ1) is 9.43. The lowest BCUT2D eigenvalue weighted by Crippen LogP contribution is -2.09. The van der Waals surface area contributed by atoms with E-state index >= 15 is 0 Å². The first-order valence-corrected chi connectivity index (χ1v) is 6.26. The van der Waals surface area contributed by atoms with Crippen molar-refractivity contribution in [1.29, 1.82) is 0 Å². The molecule has 58 valence electrons. The van der Waals surface area contributed by atoms with Crippen LogP contribution in [0, 0.1) is 0 Å². The normalized spacial score (nSPS) is 13.3. The lowest BCUT2D eigenvalue weighted by atomic mass is 10.3. The Labute approximate surface area is 63.2 Å². The Bertz CT molecular complexity index is 170. The van der Waals surface area contributed by atoms with Crippen LogP contribution in [0.5, 0.6) is 0 Å². The highest BCUT2D eigenvalue weighted by atomic mass is 28.3. The summed E-state index contributed by atoms with van der Waals surface area (Å²) in [6.07, 6.45) is 0. The maximum absolute atomic E-state index is 10.4. The molecule has 0 aliphatic carbocycles. The van der Waals surface area contributed by atoms with Gasteiger partial charge in [0.2, 0.25) is 0 Å². The van der Waals surface area contributed by atoms with Crippen LogP contribution in [-0.2, 0) is 4.79 Å². The van der Waals surface area contributed by atoms with Crippen LogP contribution in [-0.4, -0.2) is 19.9 Å².